The van der Waals surface area contributed by atoms with Gasteiger partial charge in [-0.25, -0.2) is 4.39 Å². The topological polar surface area (TPSA) is 0 Å². The average Bonchev–Trinajstić information content (AvgIpc) is 1.99. The Hall–Kier alpha value is -0.330. The summed E-state index contributed by atoms with van der Waals surface area (Å²) in [5, 5.41) is 0. The predicted octanol–water partition coefficient (Wildman–Crippen LogP) is 3.87. The van der Waals surface area contributed by atoms with Gasteiger partial charge in [-0.3, -0.25) is 0 Å². The molecule has 0 amide bonds. The van der Waals surface area contributed by atoms with Gasteiger partial charge in [0.2, 0.25) is 0 Å². The lowest BCUT2D eigenvalue weighted by atomic mass is 10.1. The minimum atomic E-state index is -0.711. The zero-order valence-electron chi connectivity index (χ0n) is 7.65. The Balaban J connectivity index is 3.10. The summed E-state index contributed by atoms with van der Waals surface area (Å²) in [7, 11) is 0. The summed E-state index contributed by atoms with van der Waals surface area (Å²) in [5.74, 6) is 0. The molecule has 0 aliphatic rings. The zero-order chi connectivity index (χ0) is 8.53. The minimum Gasteiger partial charge on any atom is -0.243 e. The van der Waals surface area contributed by atoms with Crippen LogP contribution < -0.4 is 0 Å². The van der Waals surface area contributed by atoms with E-state index in [1.54, 1.807) is 12.2 Å². The summed E-state index contributed by atoms with van der Waals surface area (Å²) >= 11 is 0. The van der Waals surface area contributed by atoms with Gasteiger partial charge in [-0.15, -0.1) is 0 Å². The third-order valence-corrected chi connectivity index (χ3v) is 1.73. The molecular weight excluding hydrogens is 139 g/mol. The van der Waals surface area contributed by atoms with Crippen molar-refractivity contribution in [1.82, 2.24) is 0 Å². The summed E-state index contributed by atoms with van der Waals surface area (Å²) in [6.07, 6.45) is 8.06. The molecule has 0 radical (unpaired) electrons. The Labute approximate surface area is 69.5 Å². The standard InChI is InChI=1S/C10H19F/c1-3-5-6-7-9-10(11)8-4-2/h4,8,10H,3,5-7,9H2,1-2H3. The Morgan fingerprint density at radius 3 is 2.55 bits per heavy atom. The first-order valence-corrected chi connectivity index (χ1v) is 4.58. The number of unbranched alkanes of at least 4 members (excludes halogenated alkanes) is 3. The van der Waals surface area contributed by atoms with E-state index in [2.05, 4.69) is 6.92 Å². The highest BCUT2D eigenvalue weighted by molar-refractivity contribution is 4.85. The van der Waals surface area contributed by atoms with Crippen molar-refractivity contribution < 1.29 is 4.39 Å². The van der Waals surface area contributed by atoms with E-state index in [1.807, 2.05) is 6.92 Å². The Bertz CT molecular complexity index is 97.0. The van der Waals surface area contributed by atoms with Crippen molar-refractivity contribution in [2.45, 2.75) is 52.1 Å². The number of hydrogen-bond acceptors (Lipinski definition) is 0. The average molecular weight is 158 g/mol. The van der Waals surface area contributed by atoms with Crippen LogP contribution in [-0.4, -0.2) is 6.17 Å². The molecule has 0 spiro atoms. The molecular formula is C10H19F. The second-order valence-corrected chi connectivity index (χ2v) is 2.89. The number of rotatable bonds is 6. The first-order valence-electron chi connectivity index (χ1n) is 4.58. The van der Waals surface area contributed by atoms with Gasteiger partial charge < -0.3 is 0 Å². The van der Waals surface area contributed by atoms with Gasteiger partial charge in [-0.1, -0.05) is 44.8 Å². The zero-order valence-corrected chi connectivity index (χ0v) is 7.65. The summed E-state index contributed by atoms with van der Waals surface area (Å²) < 4.78 is 12.7. The van der Waals surface area contributed by atoms with Crippen LogP contribution in [0.3, 0.4) is 0 Å². The van der Waals surface area contributed by atoms with E-state index >= 15 is 0 Å². The smallest absolute Gasteiger partial charge is 0.118 e. The second-order valence-electron chi connectivity index (χ2n) is 2.89. The first kappa shape index (κ1) is 10.7. The minimum absolute atomic E-state index is 0.699. The maximum atomic E-state index is 12.7. The molecule has 0 saturated heterocycles. The number of hydrogen-bond donors (Lipinski definition) is 0. The molecule has 1 atom stereocenters. The van der Waals surface area contributed by atoms with Crippen LogP contribution in [0, 0.1) is 0 Å². The molecule has 0 aliphatic heterocycles. The van der Waals surface area contributed by atoms with Gasteiger partial charge in [-0.2, -0.15) is 0 Å². The molecule has 0 rings (SSSR count). The number of halogens is 1. The van der Waals surface area contributed by atoms with Gasteiger partial charge in [0.15, 0.2) is 0 Å². The van der Waals surface area contributed by atoms with Gasteiger partial charge in [0.05, 0.1) is 0 Å². The van der Waals surface area contributed by atoms with Gasteiger partial charge in [0.1, 0.15) is 6.17 Å². The summed E-state index contributed by atoms with van der Waals surface area (Å²) in [5.41, 5.74) is 0. The van der Waals surface area contributed by atoms with Crippen molar-refractivity contribution >= 4 is 0 Å². The Kier molecular flexibility index (Phi) is 7.54. The predicted molar refractivity (Wildman–Crippen MR) is 48.5 cm³/mol. The van der Waals surface area contributed by atoms with E-state index in [4.69, 9.17) is 0 Å². The van der Waals surface area contributed by atoms with Crippen LogP contribution in [0.15, 0.2) is 12.2 Å². The van der Waals surface area contributed by atoms with Gasteiger partial charge >= 0.3 is 0 Å². The second kappa shape index (κ2) is 7.77. The molecule has 0 N–H and O–H groups in total. The van der Waals surface area contributed by atoms with Gasteiger partial charge in [0.25, 0.3) is 0 Å². The monoisotopic (exact) mass is 158 g/mol. The molecule has 0 bridgehead atoms. The molecule has 66 valence electrons. The molecule has 11 heavy (non-hydrogen) atoms. The lowest BCUT2D eigenvalue weighted by Gasteiger charge is -2.01. The van der Waals surface area contributed by atoms with E-state index in [-0.39, 0.29) is 0 Å². The number of allylic oxidation sites excluding steroid dienone is 2. The molecule has 1 heteroatoms. The molecule has 0 aliphatic carbocycles. The van der Waals surface area contributed by atoms with Crippen LogP contribution in [0.5, 0.6) is 0 Å². The van der Waals surface area contributed by atoms with E-state index in [9.17, 15) is 4.39 Å². The van der Waals surface area contributed by atoms with Gasteiger partial charge in [-0.05, 0) is 13.3 Å². The molecule has 0 heterocycles. The third-order valence-electron chi connectivity index (χ3n) is 1.73. The lowest BCUT2D eigenvalue weighted by Crippen LogP contribution is -1.93. The lowest BCUT2D eigenvalue weighted by molar-refractivity contribution is 0.365. The SMILES string of the molecule is CC=CC(F)CCCCCC. The van der Waals surface area contributed by atoms with Crippen molar-refractivity contribution in [3.63, 3.8) is 0 Å². The summed E-state index contributed by atoms with van der Waals surface area (Å²) in [4.78, 5) is 0. The van der Waals surface area contributed by atoms with Crippen molar-refractivity contribution in [2.75, 3.05) is 0 Å². The molecule has 0 aromatic rings. The van der Waals surface area contributed by atoms with E-state index in [0.29, 0.717) is 6.42 Å². The quantitative estimate of drug-likeness (QED) is 0.406. The van der Waals surface area contributed by atoms with Crippen LogP contribution in [0.25, 0.3) is 0 Å². The van der Waals surface area contributed by atoms with Crippen LogP contribution in [0.2, 0.25) is 0 Å². The fraction of sp³-hybridized carbons (Fsp3) is 0.800. The number of alkyl halides is 1. The largest absolute Gasteiger partial charge is 0.243 e. The van der Waals surface area contributed by atoms with E-state index < -0.39 is 6.17 Å². The highest BCUT2D eigenvalue weighted by atomic mass is 19.1. The van der Waals surface area contributed by atoms with Crippen molar-refractivity contribution in [3.8, 4) is 0 Å². The summed E-state index contributed by atoms with van der Waals surface area (Å²) in [6, 6.07) is 0. The van der Waals surface area contributed by atoms with Crippen LogP contribution >= 0.6 is 0 Å². The van der Waals surface area contributed by atoms with Crippen molar-refractivity contribution in [2.24, 2.45) is 0 Å². The Morgan fingerprint density at radius 2 is 2.00 bits per heavy atom. The molecule has 0 aromatic heterocycles. The third kappa shape index (κ3) is 7.57. The first-order chi connectivity index (χ1) is 5.31. The highest BCUT2D eigenvalue weighted by Crippen LogP contribution is 2.08. The van der Waals surface area contributed by atoms with E-state index in [1.165, 1.54) is 19.3 Å². The molecule has 0 nitrogen and oxygen atoms in total. The molecule has 0 aromatic carbocycles. The maximum absolute atomic E-state index is 12.7. The van der Waals surface area contributed by atoms with Gasteiger partial charge in [0, 0.05) is 0 Å². The van der Waals surface area contributed by atoms with Crippen molar-refractivity contribution in [1.29, 1.82) is 0 Å². The fourth-order valence-electron chi connectivity index (χ4n) is 1.07. The molecule has 1 unspecified atom stereocenters. The van der Waals surface area contributed by atoms with E-state index in [0.717, 1.165) is 6.42 Å². The highest BCUT2D eigenvalue weighted by Gasteiger charge is 1.98. The van der Waals surface area contributed by atoms with Crippen LogP contribution in [0.4, 0.5) is 4.39 Å². The molecule has 0 saturated carbocycles. The van der Waals surface area contributed by atoms with Crippen LogP contribution in [0.1, 0.15) is 46.0 Å². The summed E-state index contributed by atoms with van der Waals surface area (Å²) in [6.45, 7) is 4.03. The normalized spacial score (nSPS) is 14.1. The van der Waals surface area contributed by atoms with Crippen LogP contribution in [-0.2, 0) is 0 Å². The fourth-order valence-corrected chi connectivity index (χ4v) is 1.07. The Morgan fingerprint density at radius 1 is 1.27 bits per heavy atom. The molecule has 0 fully saturated rings. The van der Waals surface area contributed by atoms with Crippen molar-refractivity contribution in [3.05, 3.63) is 12.2 Å². The maximum Gasteiger partial charge on any atom is 0.118 e.